The van der Waals surface area contributed by atoms with E-state index in [1.807, 2.05) is 26.0 Å². The Kier molecular flexibility index (Phi) is 7.03. The van der Waals surface area contributed by atoms with Gasteiger partial charge in [-0.25, -0.2) is 0 Å². The third-order valence-corrected chi connectivity index (χ3v) is 2.96. The first-order chi connectivity index (χ1) is 9.08. The van der Waals surface area contributed by atoms with Crippen LogP contribution in [0.3, 0.4) is 0 Å². The minimum Gasteiger partial charge on any atom is -0.493 e. The molecule has 0 saturated carbocycles. The van der Waals surface area contributed by atoms with Crippen LogP contribution in [0.5, 0.6) is 11.5 Å². The summed E-state index contributed by atoms with van der Waals surface area (Å²) in [6.07, 6.45) is 2.44. The molecule has 0 unspecified atom stereocenters. The molecule has 0 aliphatic rings. The number of hydrogen-bond acceptors (Lipinski definition) is 3. The van der Waals surface area contributed by atoms with Gasteiger partial charge in [-0.3, -0.25) is 0 Å². The van der Waals surface area contributed by atoms with Crippen molar-refractivity contribution in [3.63, 3.8) is 0 Å². The van der Waals surface area contributed by atoms with Crippen molar-refractivity contribution in [2.24, 2.45) is 0 Å². The Hall–Kier alpha value is -0.930. The summed E-state index contributed by atoms with van der Waals surface area (Å²) in [5.41, 5.74) is 1.11. The molecule has 0 saturated heterocycles. The lowest BCUT2D eigenvalue weighted by Crippen LogP contribution is -2.14. The van der Waals surface area contributed by atoms with E-state index in [1.165, 1.54) is 12.8 Å². The molecule has 3 nitrogen and oxygen atoms in total. The van der Waals surface area contributed by atoms with Gasteiger partial charge in [0, 0.05) is 6.54 Å². The number of rotatable bonds is 8. The van der Waals surface area contributed by atoms with Gasteiger partial charge in [-0.15, -0.1) is 0 Å². The van der Waals surface area contributed by atoms with E-state index in [-0.39, 0.29) is 6.10 Å². The van der Waals surface area contributed by atoms with E-state index in [4.69, 9.17) is 21.1 Å². The van der Waals surface area contributed by atoms with Crippen molar-refractivity contribution in [1.29, 1.82) is 0 Å². The van der Waals surface area contributed by atoms with Crippen molar-refractivity contribution in [2.75, 3.05) is 13.7 Å². The fraction of sp³-hybridized carbons (Fsp3) is 0.600. The summed E-state index contributed by atoms with van der Waals surface area (Å²) in [5, 5.41) is 3.98. The van der Waals surface area contributed by atoms with Crippen LogP contribution in [-0.4, -0.2) is 19.8 Å². The molecule has 1 N–H and O–H groups in total. The summed E-state index contributed by atoms with van der Waals surface area (Å²) in [7, 11) is 1.63. The standard InChI is InChI=1S/C15H24ClNO2/c1-5-6-7-17-10-12-8-13(16)15(19-11(2)3)14(9-12)18-4/h8-9,11,17H,5-7,10H2,1-4H3. The molecule has 0 spiro atoms. The molecule has 0 aliphatic heterocycles. The first kappa shape index (κ1) is 16.1. The van der Waals surface area contributed by atoms with Gasteiger partial charge >= 0.3 is 0 Å². The van der Waals surface area contributed by atoms with Crippen LogP contribution >= 0.6 is 11.6 Å². The van der Waals surface area contributed by atoms with Crippen LogP contribution in [0.15, 0.2) is 12.1 Å². The highest BCUT2D eigenvalue weighted by Crippen LogP contribution is 2.37. The molecule has 1 rings (SSSR count). The third-order valence-electron chi connectivity index (χ3n) is 2.68. The molecule has 0 radical (unpaired) electrons. The first-order valence-corrected chi connectivity index (χ1v) is 7.20. The van der Waals surface area contributed by atoms with E-state index in [0.29, 0.717) is 16.5 Å². The van der Waals surface area contributed by atoms with Gasteiger partial charge in [0.05, 0.1) is 18.2 Å². The lowest BCUT2D eigenvalue weighted by atomic mass is 10.2. The summed E-state index contributed by atoms with van der Waals surface area (Å²) >= 11 is 6.26. The van der Waals surface area contributed by atoms with Gasteiger partial charge in [0.2, 0.25) is 0 Å². The molecule has 1 aromatic carbocycles. The monoisotopic (exact) mass is 285 g/mol. The summed E-state index contributed by atoms with van der Waals surface area (Å²) in [6, 6.07) is 3.91. The van der Waals surface area contributed by atoms with Gasteiger partial charge in [0.15, 0.2) is 11.5 Å². The van der Waals surface area contributed by atoms with Gasteiger partial charge in [-0.1, -0.05) is 24.9 Å². The number of hydrogen-bond donors (Lipinski definition) is 1. The van der Waals surface area contributed by atoms with Crippen LogP contribution in [0.1, 0.15) is 39.2 Å². The molecule has 0 atom stereocenters. The normalized spacial score (nSPS) is 10.8. The van der Waals surface area contributed by atoms with Crippen LogP contribution in [0.25, 0.3) is 0 Å². The quantitative estimate of drug-likeness (QED) is 0.732. The van der Waals surface area contributed by atoms with Crippen molar-refractivity contribution >= 4 is 11.6 Å². The molecular formula is C15H24ClNO2. The fourth-order valence-corrected chi connectivity index (χ4v) is 2.04. The van der Waals surface area contributed by atoms with Crippen molar-refractivity contribution in [3.8, 4) is 11.5 Å². The van der Waals surface area contributed by atoms with E-state index in [0.717, 1.165) is 18.7 Å². The zero-order chi connectivity index (χ0) is 14.3. The van der Waals surface area contributed by atoms with Crippen LogP contribution in [-0.2, 0) is 6.54 Å². The lowest BCUT2D eigenvalue weighted by Gasteiger charge is -2.16. The van der Waals surface area contributed by atoms with Gasteiger partial charge in [0.1, 0.15) is 0 Å². The van der Waals surface area contributed by atoms with E-state index >= 15 is 0 Å². The smallest absolute Gasteiger partial charge is 0.180 e. The number of benzene rings is 1. The molecule has 19 heavy (non-hydrogen) atoms. The van der Waals surface area contributed by atoms with E-state index in [9.17, 15) is 0 Å². The highest BCUT2D eigenvalue weighted by Gasteiger charge is 2.13. The predicted octanol–water partition coefficient (Wildman–Crippen LogP) is 4.03. The van der Waals surface area contributed by atoms with Crippen molar-refractivity contribution in [3.05, 3.63) is 22.7 Å². The Balaban J connectivity index is 2.77. The van der Waals surface area contributed by atoms with Crippen molar-refractivity contribution in [1.82, 2.24) is 5.32 Å². The zero-order valence-corrected chi connectivity index (χ0v) is 13.0. The molecule has 1 aromatic rings. The molecule has 0 amide bonds. The second-order valence-electron chi connectivity index (χ2n) is 4.81. The van der Waals surface area contributed by atoms with E-state index in [2.05, 4.69) is 12.2 Å². The molecule has 0 heterocycles. The second kappa shape index (κ2) is 8.28. The topological polar surface area (TPSA) is 30.5 Å². The van der Waals surface area contributed by atoms with Crippen LogP contribution in [0, 0.1) is 0 Å². The molecule has 108 valence electrons. The average molecular weight is 286 g/mol. The number of nitrogens with one attached hydrogen (secondary N) is 1. The molecule has 0 bridgehead atoms. The Morgan fingerprint density at radius 2 is 2.05 bits per heavy atom. The van der Waals surface area contributed by atoms with E-state index in [1.54, 1.807) is 7.11 Å². The Morgan fingerprint density at radius 3 is 2.63 bits per heavy atom. The maximum atomic E-state index is 6.26. The highest BCUT2D eigenvalue weighted by atomic mass is 35.5. The minimum atomic E-state index is 0.0694. The Morgan fingerprint density at radius 1 is 1.32 bits per heavy atom. The Bertz CT molecular complexity index is 394. The molecule has 4 heteroatoms. The molecule has 0 aromatic heterocycles. The summed E-state index contributed by atoms with van der Waals surface area (Å²) in [6.45, 7) is 7.92. The summed E-state index contributed by atoms with van der Waals surface area (Å²) in [5.74, 6) is 1.31. The maximum Gasteiger partial charge on any atom is 0.180 e. The predicted molar refractivity (Wildman–Crippen MR) is 80.4 cm³/mol. The second-order valence-corrected chi connectivity index (χ2v) is 5.21. The number of ether oxygens (including phenoxy) is 2. The van der Waals surface area contributed by atoms with Crippen LogP contribution < -0.4 is 14.8 Å². The molecular weight excluding hydrogens is 262 g/mol. The van der Waals surface area contributed by atoms with Gasteiger partial charge in [-0.2, -0.15) is 0 Å². The first-order valence-electron chi connectivity index (χ1n) is 6.82. The maximum absolute atomic E-state index is 6.26. The highest BCUT2D eigenvalue weighted by molar-refractivity contribution is 6.32. The van der Waals surface area contributed by atoms with Crippen LogP contribution in [0.2, 0.25) is 5.02 Å². The minimum absolute atomic E-state index is 0.0694. The van der Waals surface area contributed by atoms with Gasteiger partial charge < -0.3 is 14.8 Å². The van der Waals surface area contributed by atoms with Gasteiger partial charge in [-0.05, 0) is 44.5 Å². The number of methoxy groups -OCH3 is 1. The molecule has 0 aliphatic carbocycles. The van der Waals surface area contributed by atoms with E-state index < -0.39 is 0 Å². The van der Waals surface area contributed by atoms with Crippen LogP contribution in [0.4, 0.5) is 0 Å². The Labute approximate surface area is 121 Å². The number of unbranched alkanes of at least 4 members (excludes halogenated alkanes) is 1. The average Bonchev–Trinajstić information content (AvgIpc) is 2.37. The summed E-state index contributed by atoms with van der Waals surface area (Å²) < 4.78 is 11.0. The van der Waals surface area contributed by atoms with Crippen molar-refractivity contribution < 1.29 is 9.47 Å². The zero-order valence-electron chi connectivity index (χ0n) is 12.3. The third kappa shape index (κ3) is 5.29. The SMILES string of the molecule is CCCCNCc1cc(Cl)c(OC(C)C)c(OC)c1. The largest absolute Gasteiger partial charge is 0.493 e. The molecule has 0 fully saturated rings. The lowest BCUT2D eigenvalue weighted by molar-refractivity contribution is 0.230. The van der Waals surface area contributed by atoms with Crippen molar-refractivity contribution in [2.45, 2.75) is 46.3 Å². The summed E-state index contributed by atoms with van der Waals surface area (Å²) in [4.78, 5) is 0. The fourth-order valence-electron chi connectivity index (χ4n) is 1.76. The van der Waals surface area contributed by atoms with Gasteiger partial charge in [0.25, 0.3) is 0 Å². The number of halogens is 1.